The van der Waals surface area contributed by atoms with Gasteiger partial charge in [0.1, 0.15) is 5.75 Å². The quantitative estimate of drug-likeness (QED) is 0.816. The van der Waals surface area contributed by atoms with Crippen LogP contribution in [0, 0.1) is 0 Å². The molecular formula is C14H16N2O3. The number of aliphatic hydroxyl groups is 1. The van der Waals surface area contributed by atoms with Crippen molar-refractivity contribution in [2.24, 2.45) is 0 Å². The second kappa shape index (κ2) is 6.70. The molecule has 2 rings (SSSR count). The highest BCUT2D eigenvalue weighted by Gasteiger charge is 2.02. The van der Waals surface area contributed by atoms with Gasteiger partial charge >= 0.3 is 0 Å². The van der Waals surface area contributed by atoms with Crippen molar-refractivity contribution in [1.29, 1.82) is 0 Å². The highest BCUT2D eigenvalue weighted by molar-refractivity contribution is 5.79. The third kappa shape index (κ3) is 3.93. The van der Waals surface area contributed by atoms with Gasteiger partial charge in [-0.15, -0.1) is 0 Å². The standard InChI is InChI=1S/C14H16N2O3/c17-8-7-16-14(18)5-9-19-12-3-4-13-11(10-12)2-1-6-15-13/h1-4,6,10,17H,5,7-9H2,(H,16,18). The number of carbonyl (C=O) groups excluding carboxylic acids is 1. The average molecular weight is 260 g/mol. The maximum Gasteiger partial charge on any atom is 0.223 e. The summed E-state index contributed by atoms with van der Waals surface area (Å²) in [5.41, 5.74) is 0.913. The molecule has 2 N–H and O–H groups in total. The predicted octanol–water partition coefficient (Wildman–Crippen LogP) is 1.11. The summed E-state index contributed by atoms with van der Waals surface area (Å²) >= 11 is 0. The van der Waals surface area contributed by atoms with Gasteiger partial charge in [0.25, 0.3) is 0 Å². The first-order valence-corrected chi connectivity index (χ1v) is 6.15. The summed E-state index contributed by atoms with van der Waals surface area (Å²) in [6.07, 6.45) is 2.01. The highest BCUT2D eigenvalue weighted by Crippen LogP contribution is 2.18. The van der Waals surface area contributed by atoms with E-state index < -0.39 is 0 Å². The van der Waals surface area contributed by atoms with E-state index in [2.05, 4.69) is 10.3 Å². The number of hydrogen-bond acceptors (Lipinski definition) is 4. The van der Waals surface area contributed by atoms with E-state index in [1.807, 2.05) is 30.3 Å². The van der Waals surface area contributed by atoms with E-state index in [0.717, 1.165) is 16.7 Å². The van der Waals surface area contributed by atoms with Crippen LogP contribution in [-0.2, 0) is 4.79 Å². The van der Waals surface area contributed by atoms with Crippen molar-refractivity contribution in [2.75, 3.05) is 19.8 Å². The van der Waals surface area contributed by atoms with Crippen molar-refractivity contribution < 1.29 is 14.6 Å². The Kier molecular flexibility index (Phi) is 4.69. The van der Waals surface area contributed by atoms with Crippen molar-refractivity contribution in [1.82, 2.24) is 10.3 Å². The molecule has 0 aliphatic heterocycles. The number of ether oxygens (including phenoxy) is 1. The van der Waals surface area contributed by atoms with Crippen LogP contribution in [0.4, 0.5) is 0 Å². The Labute approximate surface area is 111 Å². The Hall–Kier alpha value is -2.14. The molecule has 0 saturated heterocycles. The van der Waals surface area contributed by atoms with Crippen molar-refractivity contribution in [3.8, 4) is 5.75 Å². The van der Waals surface area contributed by atoms with Gasteiger partial charge in [-0.2, -0.15) is 0 Å². The number of amides is 1. The SMILES string of the molecule is O=C(CCOc1ccc2ncccc2c1)NCCO. The van der Waals surface area contributed by atoms with Crippen molar-refractivity contribution in [3.63, 3.8) is 0 Å². The van der Waals surface area contributed by atoms with Gasteiger partial charge in [0, 0.05) is 18.1 Å². The van der Waals surface area contributed by atoms with E-state index in [0.29, 0.717) is 6.61 Å². The molecule has 1 aromatic carbocycles. The molecule has 0 bridgehead atoms. The number of fused-ring (bicyclic) bond motifs is 1. The molecule has 100 valence electrons. The van der Waals surface area contributed by atoms with Crippen LogP contribution >= 0.6 is 0 Å². The van der Waals surface area contributed by atoms with Crippen molar-refractivity contribution >= 4 is 16.8 Å². The Morgan fingerprint density at radius 1 is 1.37 bits per heavy atom. The second-order valence-electron chi connectivity index (χ2n) is 4.03. The Bertz CT molecular complexity index is 557. The second-order valence-corrected chi connectivity index (χ2v) is 4.03. The predicted molar refractivity (Wildman–Crippen MR) is 72.0 cm³/mol. The smallest absolute Gasteiger partial charge is 0.223 e. The number of aliphatic hydroxyl groups excluding tert-OH is 1. The summed E-state index contributed by atoms with van der Waals surface area (Å²) < 4.78 is 5.51. The highest BCUT2D eigenvalue weighted by atomic mass is 16.5. The summed E-state index contributed by atoms with van der Waals surface area (Å²) in [7, 11) is 0. The molecule has 1 amide bonds. The minimum atomic E-state index is -0.128. The fraction of sp³-hybridized carbons (Fsp3) is 0.286. The third-order valence-electron chi connectivity index (χ3n) is 2.61. The number of benzene rings is 1. The third-order valence-corrected chi connectivity index (χ3v) is 2.61. The molecule has 2 aromatic rings. The number of aromatic nitrogens is 1. The molecule has 0 fully saturated rings. The lowest BCUT2D eigenvalue weighted by atomic mass is 10.2. The minimum Gasteiger partial charge on any atom is -0.493 e. The summed E-state index contributed by atoms with van der Waals surface area (Å²) in [5, 5.41) is 12.1. The zero-order valence-electron chi connectivity index (χ0n) is 10.5. The molecule has 0 radical (unpaired) electrons. The number of nitrogens with zero attached hydrogens (tertiary/aromatic N) is 1. The Balaban J connectivity index is 1.86. The van der Waals surface area contributed by atoms with Crippen LogP contribution in [0.25, 0.3) is 10.9 Å². The molecule has 5 nitrogen and oxygen atoms in total. The van der Waals surface area contributed by atoms with Gasteiger partial charge in [0.2, 0.25) is 5.91 Å². The zero-order chi connectivity index (χ0) is 13.5. The molecule has 0 aliphatic rings. The molecule has 0 unspecified atom stereocenters. The van der Waals surface area contributed by atoms with E-state index >= 15 is 0 Å². The van der Waals surface area contributed by atoms with Crippen LogP contribution in [0.5, 0.6) is 5.75 Å². The van der Waals surface area contributed by atoms with Crippen LogP contribution in [0.3, 0.4) is 0 Å². The monoisotopic (exact) mass is 260 g/mol. The summed E-state index contributed by atoms with van der Waals surface area (Å²) in [6.45, 7) is 0.535. The van der Waals surface area contributed by atoms with E-state index in [1.165, 1.54) is 0 Å². The normalized spacial score (nSPS) is 10.4. The molecule has 5 heteroatoms. The van der Waals surface area contributed by atoms with Crippen LogP contribution in [0.15, 0.2) is 36.5 Å². The first-order valence-electron chi connectivity index (χ1n) is 6.15. The Morgan fingerprint density at radius 2 is 2.26 bits per heavy atom. The van der Waals surface area contributed by atoms with Crippen LogP contribution in [0.2, 0.25) is 0 Å². The summed E-state index contributed by atoms with van der Waals surface area (Å²) in [4.78, 5) is 15.5. The maximum atomic E-state index is 11.3. The average Bonchev–Trinajstić information content (AvgIpc) is 2.45. The van der Waals surface area contributed by atoms with Crippen molar-refractivity contribution in [2.45, 2.75) is 6.42 Å². The molecule has 1 heterocycles. The molecular weight excluding hydrogens is 244 g/mol. The van der Waals surface area contributed by atoms with E-state index in [9.17, 15) is 4.79 Å². The number of nitrogens with one attached hydrogen (secondary N) is 1. The first kappa shape index (κ1) is 13.3. The molecule has 0 aliphatic carbocycles. The van der Waals surface area contributed by atoms with Gasteiger partial charge in [0.05, 0.1) is 25.2 Å². The maximum absolute atomic E-state index is 11.3. The first-order chi connectivity index (χ1) is 9.29. The van der Waals surface area contributed by atoms with Gasteiger partial charge in [-0.3, -0.25) is 9.78 Å². The van der Waals surface area contributed by atoms with E-state index in [4.69, 9.17) is 9.84 Å². The molecule has 19 heavy (non-hydrogen) atoms. The van der Waals surface area contributed by atoms with E-state index in [1.54, 1.807) is 6.20 Å². The molecule has 0 spiro atoms. The van der Waals surface area contributed by atoms with Gasteiger partial charge in [0.15, 0.2) is 0 Å². The lowest BCUT2D eigenvalue weighted by Gasteiger charge is -2.07. The lowest BCUT2D eigenvalue weighted by Crippen LogP contribution is -2.27. The summed E-state index contributed by atoms with van der Waals surface area (Å²) in [6, 6.07) is 9.45. The fourth-order valence-electron chi connectivity index (χ4n) is 1.69. The van der Waals surface area contributed by atoms with Crippen LogP contribution < -0.4 is 10.1 Å². The number of pyridine rings is 1. The topological polar surface area (TPSA) is 71.5 Å². The van der Waals surface area contributed by atoms with E-state index in [-0.39, 0.29) is 25.5 Å². The van der Waals surface area contributed by atoms with Gasteiger partial charge in [-0.05, 0) is 24.3 Å². The lowest BCUT2D eigenvalue weighted by molar-refractivity contribution is -0.121. The number of hydrogen-bond donors (Lipinski definition) is 2. The number of carbonyl (C=O) groups is 1. The van der Waals surface area contributed by atoms with Crippen LogP contribution in [-0.4, -0.2) is 35.8 Å². The zero-order valence-corrected chi connectivity index (χ0v) is 10.5. The van der Waals surface area contributed by atoms with Crippen molar-refractivity contribution in [3.05, 3.63) is 36.5 Å². The largest absolute Gasteiger partial charge is 0.493 e. The summed E-state index contributed by atoms with van der Waals surface area (Å²) in [5.74, 6) is 0.590. The van der Waals surface area contributed by atoms with Gasteiger partial charge in [-0.1, -0.05) is 6.07 Å². The van der Waals surface area contributed by atoms with Crippen LogP contribution in [0.1, 0.15) is 6.42 Å². The van der Waals surface area contributed by atoms with Gasteiger partial charge < -0.3 is 15.2 Å². The Morgan fingerprint density at radius 3 is 3.11 bits per heavy atom. The molecule has 0 atom stereocenters. The molecule has 1 aromatic heterocycles. The minimum absolute atomic E-state index is 0.0513. The molecule has 0 saturated carbocycles. The van der Waals surface area contributed by atoms with Gasteiger partial charge in [-0.25, -0.2) is 0 Å². The number of rotatable bonds is 6. The fourth-order valence-corrected chi connectivity index (χ4v) is 1.69.